The number of ether oxygens (including phenoxy) is 2. The lowest BCUT2D eigenvalue weighted by molar-refractivity contribution is -0.220. The van der Waals surface area contributed by atoms with Gasteiger partial charge in [-0.15, -0.1) is 30.1 Å². The highest BCUT2D eigenvalue weighted by molar-refractivity contribution is 8.21. The molecule has 4 unspecified atom stereocenters. The minimum atomic E-state index is -0.930. The Kier molecular flexibility index (Phi) is 5.35. The first-order chi connectivity index (χ1) is 13.3. The smallest absolute Gasteiger partial charge is 0.340 e. The van der Waals surface area contributed by atoms with Crippen LogP contribution in [-0.2, 0) is 14.3 Å². The maximum Gasteiger partial charge on any atom is 0.340 e. The maximum atomic E-state index is 13.3. The summed E-state index contributed by atoms with van der Waals surface area (Å²) in [6.07, 6.45) is 2.14. The van der Waals surface area contributed by atoms with Gasteiger partial charge in [0.15, 0.2) is 11.4 Å². The minimum absolute atomic E-state index is 0.105. The average Bonchev–Trinajstić information content (AvgIpc) is 3.23. The summed E-state index contributed by atoms with van der Waals surface area (Å²) in [6, 6.07) is 0. The lowest BCUT2D eigenvalue weighted by Gasteiger charge is -2.54. The second kappa shape index (κ2) is 7.25. The van der Waals surface area contributed by atoms with E-state index in [4.69, 9.17) is 9.47 Å². The van der Waals surface area contributed by atoms with E-state index in [1.165, 1.54) is 0 Å². The van der Waals surface area contributed by atoms with Gasteiger partial charge in [0.2, 0.25) is 0 Å². The number of rotatable bonds is 6. The van der Waals surface area contributed by atoms with Gasteiger partial charge in [0.1, 0.15) is 17.8 Å². The van der Waals surface area contributed by atoms with Crippen molar-refractivity contribution < 1.29 is 24.5 Å². The number of aliphatic hydroxyl groups excluding tert-OH is 2. The fourth-order valence-corrected chi connectivity index (χ4v) is 9.02. The van der Waals surface area contributed by atoms with Crippen LogP contribution in [0.4, 0.5) is 0 Å². The Morgan fingerprint density at radius 1 is 1.36 bits per heavy atom. The first-order valence-electron chi connectivity index (χ1n) is 10.1. The van der Waals surface area contributed by atoms with Crippen molar-refractivity contribution in [3.8, 4) is 0 Å². The Morgan fingerprint density at radius 3 is 2.64 bits per heavy atom. The van der Waals surface area contributed by atoms with Crippen molar-refractivity contribution in [2.45, 2.75) is 55.5 Å². The van der Waals surface area contributed by atoms with Crippen molar-refractivity contribution in [3.05, 3.63) is 24.0 Å². The zero-order valence-electron chi connectivity index (χ0n) is 16.7. The van der Waals surface area contributed by atoms with Gasteiger partial charge in [-0.25, -0.2) is 4.79 Å². The monoisotopic (exact) mass is 426 g/mol. The quantitative estimate of drug-likeness (QED) is 0.499. The number of carbonyl (C=O) groups is 1. The van der Waals surface area contributed by atoms with E-state index in [1.54, 1.807) is 29.6 Å². The molecular formula is C21H30O5S2. The first kappa shape index (κ1) is 20.6. The molecule has 0 radical (unpaired) electrons. The SMILES string of the molecule is C=CC1C(O)C2OC3=C(C4([C@H](C)C[C@H](C)CO)SCCS4)C(=O)O[C@@]31CC2C. The van der Waals surface area contributed by atoms with Crippen LogP contribution >= 0.6 is 23.5 Å². The molecule has 0 aromatic carbocycles. The van der Waals surface area contributed by atoms with Crippen LogP contribution in [-0.4, -0.2) is 56.2 Å². The topological polar surface area (TPSA) is 76.0 Å². The van der Waals surface area contributed by atoms with Gasteiger partial charge < -0.3 is 19.7 Å². The Morgan fingerprint density at radius 2 is 2.04 bits per heavy atom. The molecule has 3 saturated heterocycles. The van der Waals surface area contributed by atoms with E-state index in [0.717, 1.165) is 17.9 Å². The third-order valence-electron chi connectivity index (χ3n) is 6.81. The number of thioether (sulfide) groups is 2. The van der Waals surface area contributed by atoms with Crippen molar-refractivity contribution in [3.63, 3.8) is 0 Å². The molecule has 0 aromatic heterocycles. The van der Waals surface area contributed by atoms with Gasteiger partial charge in [-0.1, -0.05) is 26.8 Å². The fourth-order valence-electron chi connectivity index (χ4n) is 5.52. The van der Waals surface area contributed by atoms with E-state index >= 15 is 0 Å². The van der Waals surface area contributed by atoms with Crippen LogP contribution < -0.4 is 0 Å². The van der Waals surface area contributed by atoms with Gasteiger partial charge in [-0.3, -0.25) is 0 Å². The molecule has 4 fully saturated rings. The Balaban J connectivity index is 1.82. The number of fused-ring (bicyclic) bond motifs is 2. The summed E-state index contributed by atoms with van der Waals surface area (Å²) >= 11 is 3.59. The molecule has 4 aliphatic heterocycles. The molecule has 2 bridgehead atoms. The molecule has 28 heavy (non-hydrogen) atoms. The second-order valence-corrected chi connectivity index (χ2v) is 11.7. The van der Waals surface area contributed by atoms with Gasteiger partial charge in [0.05, 0.1) is 10.00 Å². The van der Waals surface area contributed by atoms with Crippen molar-refractivity contribution in [2.75, 3.05) is 18.1 Å². The number of carbonyl (C=O) groups excluding carboxylic acids is 1. The summed E-state index contributed by atoms with van der Waals surface area (Å²) < 4.78 is 12.0. The maximum absolute atomic E-state index is 13.3. The molecule has 1 spiro atoms. The van der Waals surface area contributed by atoms with Gasteiger partial charge >= 0.3 is 5.97 Å². The van der Waals surface area contributed by atoms with Gasteiger partial charge in [0, 0.05) is 24.5 Å². The van der Waals surface area contributed by atoms with E-state index in [0.29, 0.717) is 17.8 Å². The van der Waals surface area contributed by atoms with Crippen LogP contribution in [0.15, 0.2) is 24.0 Å². The summed E-state index contributed by atoms with van der Waals surface area (Å²) in [5.74, 6) is 2.35. The summed E-state index contributed by atoms with van der Waals surface area (Å²) in [4.78, 5) is 13.3. The van der Waals surface area contributed by atoms with Crippen LogP contribution in [0.1, 0.15) is 33.6 Å². The third-order valence-corrected chi connectivity index (χ3v) is 10.7. The predicted octanol–water partition coefficient (Wildman–Crippen LogP) is 2.97. The molecule has 0 amide bonds. The van der Waals surface area contributed by atoms with Gasteiger partial charge in [0.25, 0.3) is 0 Å². The fraction of sp³-hybridized carbons (Fsp3) is 0.762. The zero-order chi connectivity index (χ0) is 20.3. The van der Waals surface area contributed by atoms with Crippen LogP contribution in [0, 0.1) is 23.7 Å². The molecule has 5 rings (SSSR count). The Hall–Kier alpha value is -0.630. The van der Waals surface area contributed by atoms with Crippen molar-refractivity contribution >= 4 is 29.5 Å². The molecule has 156 valence electrons. The van der Waals surface area contributed by atoms with Crippen LogP contribution in [0.3, 0.4) is 0 Å². The van der Waals surface area contributed by atoms with E-state index in [2.05, 4.69) is 13.5 Å². The summed E-state index contributed by atoms with van der Waals surface area (Å²) in [5, 5.41) is 20.3. The number of hydrogen-bond donors (Lipinski definition) is 2. The van der Waals surface area contributed by atoms with Crippen LogP contribution in [0.2, 0.25) is 0 Å². The number of esters is 1. The van der Waals surface area contributed by atoms with E-state index in [9.17, 15) is 15.0 Å². The summed E-state index contributed by atoms with van der Waals surface area (Å²) in [6.45, 7) is 10.3. The molecule has 0 aromatic rings. The normalized spacial score (nSPS) is 40.7. The first-order valence-corrected chi connectivity index (χ1v) is 12.1. The molecular weight excluding hydrogens is 396 g/mol. The Labute approximate surface area is 175 Å². The highest BCUT2D eigenvalue weighted by Crippen LogP contribution is 2.63. The van der Waals surface area contributed by atoms with E-state index in [-0.39, 0.29) is 42.4 Å². The second-order valence-electron chi connectivity index (χ2n) is 8.79. The highest BCUT2D eigenvalue weighted by Gasteiger charge is 2.68. The summed E-state index contributed by atoms with van der Waals surface area (Å²) in [7, 11) is 0. The average molecular weight is 427 g/mol. The number of aliphatic hydroxyl groups is 2. The lowest BCUT2D eigenvalue weighted by Crippen LogP contribution is -2.63. The third kappa shape index (κ3) is 2.72. The molecule has 5 nitrogen and oxygen atoms in total. The van der Waals surface area contributed by atoms with Gasteiger partial charge in [-0.05, 0) is 24.2 Å². The predicted molar refractivity (Wildman–Crippen MR) is 112 cm³/mol. The van der Waals surface area contributed by atoms with Crippen LogP contribution in [0.5, 0.6) is 0 Å². The molecule has 5 aliphatic rings. The lowest BCUT2D eigenvalue weighted by atomic mass is 9.64. The highest BCUT2D eigenvalue weighted by atomic mass is 32.2. The van der Waals surface area contributed by atoms with Crippen molar-refractivity contribution in [1.29, 1.82) is 0 Å². The molecule has 1 saturated carbocycles. The van der Waals surface area contributed by atoms with E-state index in [1.807, 2.05) is 13.8 Å². The summed E-state index contributed by atoms with van der Waals surface area (Å²) in [5.41, 5.74) is -0.283. The molecule has 2 N–H and O–H groups in total. The zero-order valence-corrected chi connectivity index (χ0v) is 18.4. The largest absolute Gasteiger partial charge is 0.487 e. The molecule has 7 atom stereocenters. The van der Waals surface area contributed by atoms with E-state index < -0.39 is 15.8 Å². The number of hydrogen-bond acceptors (Lipinski definition) is 7. The van der Waals surface area contributed by atoms with Crippen LogP contribution in [0.25, 0.3) is 0 Å². The Bertz CT molecular complexity index is 701. The molecule has 7 heteroatoms. The standard InChI is InChI=1S/C21H30O5S2/c1-5-14-16(23)17-12(3)9-20(14)18(25-17)15(19(24)26-20)21(27-6-7-28-21)13(4)8-11(2)10-22/h5,11-14,16-17,22-23H,1,6-10H2,2-4H3/t11-,12?,13+,14?,16?,17?,20+/m0/s1. The van der Waals surface area contributed by atoms with Crippen molar-refractivity contribution in [2.24, 2.45) is 23.7 Å². The molecule has 1 aliphatic carbocycles. The van der Waals surface area contributed by atoms with Gasteiger partial charge in [-0.2, -0.15) is 0 Å². The molecule has 4 heterocycles. The minimum Gasteiger partial charge on any atom is -0.487 e. The van der Waals surface area contributed by atoms with Crippen molar-refractivity contribution in [1.82, 2.24) is 0 Å².